The molecule has 1 aromatic carbocycles. The lowest BCUT2D eigenvalue weighted by Gasteiger charge is -2.37. The van der Waals surface area contributed by atoms with Crippen LogP contribution in [0.25, 0.3) is 0 Å². The molecule has 2 rings (SSSR count). The molecule has 2 N–H and O–H groups in total. The average molecular weight is 282 g/mol. The second-order valence-electron chi connectivity index (χ2n) is 5.66. The first-order chi connectivity index (χ1) is 8.95. The van der Waals surface area contributed by atoms with Crippen LogP contribution in [0, 0.1) is 5.41 Å². The van der Waals surface area contributed by atoms with Gasteiger partial charge in [-0.25, -0.2) is 12.7 Å². The van der Waals surface area contributed by atoms with Crippen LogP contribution in [-0.2, 0) is 15.8 Å². The summed E-state index contributed by atoms with van der Waals surface area (Å²) in [6.07, 6.45) is 1.69. The van der Waals surface area contributed by atoms with Crippen molar-refractivity contribution in [2.24, 2.45) is 11.1 Å². The van der Waals surface area contributed by atoms with Crippen LogP contribution in [0.15, 0.2) is 30.3 Å². The van der Waals surface area contributed by atoms with E-state index in [1.54, 1.807) is 4.31 Å². The normalized spacial score (nSPS) is 20.3. The minimum atomic E-state index is -3.20. The maximum Gasteiger partial charge on any atom is 0.218 e. The molecule has 1 aromatic rings. The van der Waals surface area contributed by atoms with E-state index < -0.39 is 10.0 Å². The first-order valence-electron chi connectivity index (χ1n) is 6.67. The fourth-order valence-electron chi connectivity index (χ4n) is 2.38. The molecule has 1 aliphatic heterocycles. The molecular formula is C14H22N2O2S. The molecule has 1 aliphatic rings. The molecule has 1 fully saturated rings. The van der Waals surface area contributed by atoms with Gasteiger partial charge in [0.15, 0.2) is 0 Å². The summed E-state index contributed by atoms with van der Waals surface area (Å²) in [5, 5.41) is 0. The summed E-state index contributed by atoms with van der Waals surface area (Å²) in [6, 6.07) is 9.33. The van der Waals surface area contributed by atoms with E-state index in [2.05, 4.69) is 6.92 Å². The number of rotatable bonds is 4. The zero-order chi connectivity index (χ0) is 13.9. The van der Waals surface area contributed by atoms with Crippen LogP contribution in [0.3, 0.4) is 0 Å². The van der Waals surface area contributed by atoms with Crippen LogP contribution in [0.5, 0.6) is 0 Å². The Kier molecular flexibility index (Phi) is 4.28. The van der Waals surface area contributed by atoms with E-state index in [1.807, 2.05) is 30.3 Å². The van der Waals surface area contributed by atoms with Gasteiger partial charge < -0.3 is 5.73 Å². The van der Waals surface area contributed by atoms with Gasteiger partial charge in [-0.2, -0.15) is 0 Å². The van der Waals surface area contributed by atoms with E-state index in [1.165, 1.54) is 0 Å². The molecule has 0 unspecified atom stereocenters. The number of hydrogen-bond donors (Lipinski definition) is 1. The van der Waals surface area contributed by atoms with Gasteiger partial charge >= 0.3 is 0 Å². The Morgan fingerprint density at radius 3 is 2.32 bits per heavy atom. The fraction of sp³-hybridized carbons (Fsp3) is 0.571. The van der Waals surface area contributed by atoms with Crippen LogP contribution in [-0.4, -0.2) is 32.4 Å². The van der Waals surface area contributed by atoms with E-state index in [0.29, 0.717) is 19.6 Å². The summed E-state index contributed by atoms with van der Waals surface area (Å²) in [4.78, 5) is 0. The molecule has 0 spiro atoms. The number of sulfonamides is 1. The molecule has 0 amide bonds. The summed E-state index contributed by atoms with van der Waals surface area (Å²) in [6.45, 7) is 3.93. The minimum Gasteiger partial charge on any atom is -0.330 e. The molecule has 19 heavy (non-hydrogen) atoms. The third-order valence-corrected chi connectivity index (χ3v) is 5.86. The van der Waals surface area contributed by atoms with Crippen molar-refractivity contribution < 1.29 is 8.42 Å². The van der Waals surface area contributed by atoms with Gasteiger partial charge in [0.1, 0.15) is 0 Å². The maximum atomic E-state index is 12.3. The lowest BCUT2D eigenvalue weighted by molar-refractivity contribution is 0.182. The van der Waals surface area contributed by atoms with Gasteiger partial charge in [0.05, 0.1) is 5.75 Å². The number of nitrogens with zero attached hydrogens (tertiary/aromatic N) is 1. The highest BCUT2D eigenvalue weighted by molar-refractivity contribution is 7.88. The summed E-state index contributed by atoms with van der Waals surface area (Å²) < 4.78 is 26.3. The molecule has 0 aliphatic carbocycles. The summed E-state index contributed by atoms with van der Waals surface area (Å²) in [5.41, 5.74) is 6.69. The van der Waals surface area contributed by atoms with E-state index >= 15 is 0 Å². The van der Waals surface area contributed by atoms with Crippen molar-refractivity contribution in [2.75, 3.05) is 19.6 Å². The quantitative estimate of drug-likeness (QED) is 0.912. The molecule has 4 nitrogen and oxygen atoms in total. The van der Waals surface area contributed by atoms with E-state index in [4.69, 9.17) is 5.73 Å². The van der Waals surface area contributed by atoms with Crippen molar-refractivity contribution in [3.05, 3.63) is 35.9 Å². The number of piperidine rings is 1. The largest absolute Gasteiger partial charge is 0.330 e. The zero-order valence-electron chi connectivity index (χ0n) is 11.4. The smallest absolute Gasteiger partial charge is 0.218 e. The predicted octanol–water partition coefficient (Wildman–Crippen LogP) is 1.58. The Morgan fingerprint density at radius 2 is 1.79 bits per heavy atom. The minimum absolute atomic E-state index is 0.0905. The monoisotopic (exact) mass is 282 g/mol. The highest BCUT2D eigenvalue weighted by atomic mass is 32.2. The van der Waals surface area contributed by atoms with Gasteiger partial charge in [-0.3, -0.25) is 0 Å². The molecule has 1 saturated heterocycles. The van der Waals surface area contributed by atoms with Crippen LogP contribution < -0.4 is 5.73 Å². The van der Waals surface area contributed by atoms with Crippen LogP contribution in [0.2, 0.25) is 0 Å². The molecule has 106 valence electrons. The SMILES string of the molecule is CC1(CN)CCN(S(=O)(=O)Cc2ccccc2)CC1. The third kappa shape index (κ3) is 3.55. The lowest BCUT2D eigenvalue weighted by atomic mass is 9.81. The molecule has 0 atom stereocenters. The van der Waals surface area contributed by atoms with Crippen molar-refractivity contribution in [1.29, 1.82) is 0 Å². The second kappa shape index (κ2) is 5.61. The number of hydrogen-bond acceptors (Lipinski definition) is 3. The summed E-state index contributed by atoms with van der Waals surface area (Å²) in [5.74, 6) is 0.0905. The first kappa shape index (κ1) is 14.5. The number of benzene rings is 1. The fourth-order valence-corrected chi connectivity index (χ4v) is 3.92. The molecule has 5 heteroatoms. The molecular weight excluding hydrogens is 260 g/mol. The Bertz CT molecular complexity index is 506. The van der Waals surface area contributed by atoms with Gasteiger partial charge in [-0.1, -0.05) is 37.3 Å². The summed E-state index contributed by atoms with van der Waals surface area (Å²) in [7, 11) is -3.20. The molecule has 0 saturated carbocycles. The Balaban J connectivity index is 2.02. The van der Waals surface area contributed by atoms with E-state index in [9.17, 15) is 8.42 Å². The Labute approximate surface area is 115 Å². The van der Waals surface area contributed by atoms with Gasteiger partial charge in [0.25, 0.3) is 0 Å². The van der Waals surface area contributed by atoms with Gasteiger partial charge in [-0.15, -0.1) is 0 Å². The Hall–Kier alpha value is -0.910. The molecule has 1 heterocycles. The van der Waals surface area contributed by atoms with Gasteiger partial charge in [-0.05, 0) is 30.4 Å². The third-order valence-electron chi connectivity index (χ3n) is 4.01. The van der Waals surface area contributed by atoms with Crippen molar-refractivity contribution in [1.82, 2.24) is 4.31 Å². The second-order valence-corrected chi connectivity index (χ2v) is 7.62. The average Bonchev–Trinajstić information content (AvgIpc) is 2.40. The topological polar surface area (TPSA) is 63.4 Å². The van der Waals surface area contributed by atoms with Crippen LogP contribution in [0.1, 0.15) is 25.3 Å². The van der Waals surface area contributed by atoms with Crippen molar-refractivity contribution in [3.8, 4) is 0 Å². The van der Waals surface area contributed by atoms with E-state index in [-0.39, 0.29) is 11.2 Å². The van der Waals surface area contributed by atoms with E-state index in [0.717, 1.165) is 18.4 Å². The highest BCUT2D eigenvalue weighted by Crippen LogP contribution is 2.31. The first-order valence-corrected chi connectivity index (χ1v) is 8.28. The van der Waals surface area contributed by atoms with Crippen LogP contribution >= 0.6 is 0 Å². The predicted molar refractivity (Wildman–Crippen MR) is 77.0 cm³/mol. The molecule has 0 radical (unpaired) electrons. The Morgan fingerprint density at radius 1 is 1.21 bits per heavy atom. The van der Waals surface area contributed by atoms with Crippen molar-refractivity contribution in [3.63, 3.8) is 0 Å². The maximum absolute atomic E-state index is 12.3. The standard InChI is InChI=1S/C14H22N2O2S/c1-14(12-15)7-9-16(10-8-14)19(17,18)11-13-5-3-2-4-6-13/h2-6H,7-12,15H2,1H3. The van der Waals surface area contributed by atoms with Gasteiger partial charge in [0.2, 0.25) is 10.0 Å². The van der Waals surface area contributed by atoms with Crippen LogP contribution in [0.4, 0.5) is 0 Å². The molecule has 0 aromatic heterocycles. The molecule has 0 bridgehead atoms. The highest BCUT2D eigenvalue weighted by Gasteiger charge is 2.33. The lowest BCUT2D eigenvalue weighted by Crippen LogP contribution is -2.45. The zero-order valence-corrected chi connectivity index (χ0v) is 12.2. The number of nitrogens with two attached hydrogens (primary N) is 1. The summed E-state index contributed by atoms with van der Waals surface area (Å²) >= 11 is 0. The van der Waals surface area contributed by atoms with Crippen molar-refractivity contribution >= 4 is 10.0 Å². The van der Waals surface area contributed by atoms with Gasteiger partial charge in [0, 0.05) is 13.1 Å². The van der Waals surface area contributed by atoms with Crippen molar-refractivity contribution in [2.45, 2.75) is 25.5 Å².